The molecule has 1 aromatic heterocycles. The van der Waals surface area contributed by atoms with Crippen LogP contribution in [0.25, 0.3) is 12.2 Å². The van der Waals surface area contributed by atoms with Crippen LogP contribution >= 0.6 is 0 Å². The highest BCUT2D eigenvalue weighted by molar-refractivity contribution is 5.69. The predicted octanol–water partition coefficient (Wildman–Crippen LogP) is 2.16. The molecule has 0 saturated carbocycles. The Morgan fingerprint density at radius 2 is 2.21 bits per heavy atom. The summed E-state index contributed by atoms with van der Waals surface area (Å²) in [5.41, 5.74) is 8.49. The van der Waals surface area contributed by atoms with Gasteiger partial charge in [-0.3, -0.25) is 0 Å². The first-order chi connectivity index (χ1) is 6.84. The molecule has 3 N–H and O–H groups in total. The summed E-state index contributed by atoms with van der Waals surface area (Å²) in [6, 6.07) is 7.73. The van der Waals surface area contributed by atoms with Crippen molar-refractivity contribution in [2.75, 3.05) is 5.73 Å². The zero-order chi connectivity index (χ0) is 9.80. The van der Waals surface area contributed by atoms with Gasteiger partial charge in [-0.15, -0.1) is 0 Å². The zero-order valence-electron chi connectivity index (χ0n) is 7.64. The molecule has 0 aliphatic rings. The fourth-order valence-electron chi connectivity index (χ4n) is 1.21. The maximum Gasteiger partial charge on any atom is 0.0924 e. The predicted molar refractivity (Wildman–Crippen MR) is 58.4 cm³/mol. The largest absolute Gasteiger partial charge is 0.399 e. The Balaban J connectivity index is 2.18. The summed E-state index contributed by atoms with van der Waals surface area (Å²) in [4.78, 5) is 6.91. The lowest BCUT2D eigenvalue weighted by Crippen LogP contribution is -1.83. The van der Waals surface area contributed by atoms with E-state index in [0.717, 1.165) is 16.9 Å². The average Bonchev–Trinajstić information content (AvgIpc) is 2.67. The minimum absolute atomic E-state index is 0.775. The molecule has 70 valence electrons. The number of nitrogens with one attached hydrogen (secondary N) is 1. The number of rotatable bonds is 2. The molecule has 0 amide bonds. The SMILES string of the molecule is Nc1cccc(/C=C/c2cnc[nH]2)c1. The molecular formula is C11H11N3. The minimum atomic E-state index is 0.775. The maximum absolute atomic E-state index is 5.65. The highest BCUT2D eigenvalue weighted by Crippen LogP contribution is 2.09. The van der Waals surface area contributed by atoms with Gasteiger partial charge in [-0.05, 0) is 23.8 Å². The Kier molecular flexibility index (Phi) is 2.32. The summed E-state index contributed by atoms with van der Waals surface area (Å²) >= 11 is 0. The second-order valence-corrected chi connectivity index (χ2v) is 3.01. The second-order valence-electron chi connectivity index (χ2n) is 3.01. The van der Waals surface area contributed by atoms with E-state index >= 15 is 0 Å². The van der Waals surface area contributed by atoms with Crippen molar-refractivity contribution in [3.63, 3.8) is 0 Å². The Labute approximate surface area is 82.3 Å². The first-order valence-electron chi connectivity index (χ1n) is 4.36. The van der Waals surface area contributed by atoms with E-state index in [9.17, 15) is 0 Å². The summed E-state index contributed by atoms with van der Waals surface area (Å²) < 4.78 is 0. The van der Waals surface area contributed by atoms with Crippen LogP contribution in [0.1, 0.15) is 11.3 Å². The summed E-state index contributed by atoms with van der Waals surface area (Å²) in [5, 5.41) is 0. The normalized spacial score (nSPS) is 10.9. The number of nitrogen functional groups attached to an aromatic ring is 1. The van der Waals surface area contributed by atoms with Crippen LogP contribution in [0.4, 0.5) is 5.69 Å². The van der Waals surface area contributed by atoms with Crippen molar-refractivity contribution >= 4 is 17.8 Å². The molecule has 0 atom stereocenters. The molecular weight excluding hydrogens is 174 g/mol. The smallest absolute Gasteiger partial charge is 0.0924 e. The third kappa shape index (κ3) is 2.01. The minimum Gasteiger partial charge on any atom is -0.399 e. The van der Waals surface area contributed by atoms with Crippen molar-refractivity contribution in [2.24, 2.45) is 0 Å². The third-order valence-electron chi connectivity index (χ3n) is 1.89. The number of hydrogen-bond donors (Lipinski definition) is 2. The van der Waals surface area contributed by atoms with Crippen molar-refractivity contribution in [1.82, 2.24) is 9.97 Å². The number of aromatic nitrogens is 2. The number of nitrogens with two attached hydrogens (primary N) is 1. The van der Waals surface area contributed by atoms with Gasteiger partial charge >= 0.3 is 0 Å². The quantitative estimate of drug-likeness (QED) is 0.704. The fourth-order valence-corrected chi connectivity index (χ4v) is 1.21. The molecule has 2 aromatic rings. The lowest BCUT2D eigenvalue weighted by Gasteiger charge is -1.94. The molecule has 3 nitrogen and oxygen atoms in total. The number of anilines is 1. The first-order valence-corrected chi connectivity index (χ1v) is 4.36. The number of benzene rings is 1. The van der Waals surface area contributed by atoms with Gasteiger partial charge in [0.1, 0.15) is 0 Å². The zero-order valence-corrected chi connectivity index (χ0v) is 7.64. The standard InChI is InChI=1S/C11H11N3/c12-10-3-1-2-9(6-10)4-5-11-7-13-8-14-11/h1-8H,12H2,(H,13,14)/b5-4+. The number of H-pyrrole nitrogens is 1. The van der Waals surface area contributed by atoms with Crippen LogP contribution < -0.4 is 5.73 Å². The Morgan fingerprint density at radius 1 is 1.29 bits per heavy atom. The van der Waals surface area contributed by atoms with Gasteiger partial charge in [0.15, 0.2) is 0 Å². The van der Waals surface area contributed by atoms with Crippen LogP contribution in [0.5, 0.6) is 0 Å². The Morgan fingerprint density at radius 3 is 2.93 bits per heavy atom. The van der Waals surface area contributed by atoms with Gasteiger partial charge in [-0.25, -0.2) is 4.98 Å². The highest BCUT2D eigenvalue weighted by Gasteiger charge is 1.89. The number of aromatic amines is 1. The monoisotopic (exact) mass is 185 g/mol. The van der Waals surface area contributed by atoms with Crippen molar-refractivity contribution in [2.45, 2.75) is 0 Å². The van der Waals surface area contributed by atoms with Crippen molar-refractivity contribution in [1.29, 1.82) is 0 Å². The van der Waals surface area contributed by atoms with Crippen molar-refractivity contribution < 1.29 is 0 Å². The molecule has 1 aromatic carbocycles. The van der Waals surface area contributed by atoms with E-state index in [1.165, 1.54) is 0 Å². The molecule has 0 aliphatic heterocycles. The second kappa shape index (κ2) is 3.79. The van der Waals surface area contributed by atoms with E-state index in [0.29, 0.717) is 0 Å². The lowest BCUT2D eigenvalue weighted by atomic mass is 10.2. The van der Waals surface area contributed by atoms with Crippen LogP contribution in [-0.2, 0) is 0 Å². The molecule has 2 rings (SSSR count). The molecule has 0 unspecified atom stereocenters. The van der Waals surface area contributed by atoms with Crippen molar-refractivity contribution in [3.8, 4) is 0 Å². The topological polar surface area (TPSA) is 54.7 Å². The molecule has 0 spiro atoms. The van der Waals surface area contributed by atoms with Gasteiger partial charge in [0.2, 0.25) is 0 Å². The van der Waals surface area contributed by atoms with Crippen LogP contribution in [0.2, 0.25) is 0 Å². The molecule has 1 heterocycles. The molecule has 0 aliphatic carbocycles. The van der Waals surface area contributed by atoms with Gasteiger partial charge in [0.25, 0.3) is 0 Å². The number of hydrogen-bond acceptors (Lipinski definition) is 2. The van der Waals surface area contributed by atoms with Crippen LogP contribution in [-0.4, -0.2) is 9.97 Å². The van der Waals surface area contributed by atoms with E-state index < -0.39 is 0 Å². The van der Waals surface area contributed by atoms with Gasteiger partial charge < -0.3 is 10.7 Å². The van der Waals surface area contributed by atoms with Gasteiger partial charge in [-0.1, -0.05) is 18.2 Å². The number of imidazole rings is 1. The van der Waals surface area contributed by atoms with E-state index in [1.54, 1.807) is 12.5 Å². The molecule has 0 saturated heterocycles. The average molecular weight is 185 g/mol. The number of nitrogens with zero attached hydrogens (tertiary/aromatic N) is 1. The van der Waals surface area contributed by atoms with E-state index in [1.807, 2.05) is 36.4 Å². The highest BCUT2D eigenvalue weighted by atomic mass is 14.8. The van der Waals surface area contributed by atoms with Crippen molar-refractivity contribution in [3.05, 3.63) is 48.0 Å². The molecule has 0 fully saturated rings. The van der Waals surface area contributed by atoms with Gasteiger partial charge in [0, 0.05) is 5.69 Å². The molecule has 14 heavy (non-hydrogen) atoms. The van der Waals surface area contributed by atoms with Crippen LogP contribution in [0.3, 0.4) is 0 Å². The van der Waals surface area contributed by atoms with Crippen LogP contribution in [0.15, 0.2) is 36.8 Å². The summed E-state index contributed by atoms with van der Waals surface area (Å²) in [5.74, 6) is 0. The summed E-state index contributed by atoms with van der Waals surface area (Å²) in [7, 11) is 0. The molecule has 0 bridgehead atoms. The summed E-state index contributed by atoms with van der Waals surface area (Å²) in [6.07, 6.45) is 7.37. The third-order valence-corrected chi connectivity index (χ3v) is 1.89. The first kappa shape index (κ1) is 8.56. The lowest BCUT2D eigenvalue weighted by molar-refractivity contribution is 1.31. The Hall–Kier alpha value is -2.03. The van der Waals surface area contributed by atoms with Gasteiger partial charge in [-0.2, -0.15) is 0 Å². The summed E-state index contributed by atoms with van der Waals surface area (Å²) in [6.45, 7) is 0. The van der Waals surface area contributed by atoms with E-state index in [-0.39, 0.29) is 0 Å². The maximum atomic E-state index is 5.65. The van der Waals surface area contributed by atoms with Gasteiger partial charge in [0.05, 0.1) is 18.2 Å². The van der Waals surface area contributed by atoms with E-state index in [4.69, 9.17) is 5.73 Å². The molecule has 0 radical (unpaired) electrons. The fraction of sp³-hybridized carbons (Fsp3) is 0. The molecule has 3 heteroatoms. The van der Waals surface area contributed by atoms with E-state index in [2.05, 4.69) is 9.97 Å². The van der Waals surface area contributed by atoms with Crippen LogP contribution in [0, 0.1) is 0 Å². The Bertz CT molecular complexity index is 430.